The molecule has 0 spiro atoms. The van der Waals surface area contributed by atoms with Gasteiger partial charge in [0.2, 0.25) is 75.3 Å². The van der Waals surface area contributed by atoms with Gasteiger partial charge >= 0.3 is 0 Å². The summed E-state index contributed by atoms with van der Waals surface area (Å²) in [5.74, 6) is -1.95. The van der Waals surface area contributed by atoms with Crippen LogP contribution in [0.3, 0.4) is 0 Å². The van der Waals surface area contributed by atoms with E-state index < -0.39 is 30.8 Å². The number of ketones is 1. The molecule has 0 saturated carbocycles. The molecule has 0 fully saturated rings. The fourth-order valence-electron chi connectivity index (χ4n) is 5.15. The summed E-state index contributed by atoms with van der Waals surface area (Å²) >= 11 is 0. The molecule has 4 N–H and O–H groups in total. The molecule has 19 heteroatoms. The molecule has 10 radical (unpaired) electrons. The maximum atomic E-state index is 12.5. The second kappa shape index (κ2) is 30.4. The van der Waals surface area contributed by atoms with Gasteiger partial charge in [-0.15, -0.1) is 0 Å². The van der Waals surface area contributed by atoms with Gasteiger partial charge in [0.1, 0.15) is 5.78 Å². The molecular formula is C32H54B5N7O7. The number of carbonyl (C=O) groups excluding carboxylic acids is 7. The van der Waals surface area contributed by atoms with Crippen molar-refractivity contribution in [2.45, 2.75) is 129 Å². The minimum absolute atomic E-state index is 0.00340. The van der Waals surface area contributed by atoms with Crippen molar-refractivity contribution in [3.8, 4) is 0 Å². The summed E-state index contributed by atoms with van der Waals surface area (Å²) in [7, 11) is 25.9. The molecule has 0 heterocycles. The highest BCUT2D eigenvalue weighted by molar-refractivity contribution is 6.35. The number of nitrogens with zero attached hydrogens (tertiary/aromatic N) is 3. The van der Waals surface area contributed by atoms with Gasteiger partial charge in [-0.05, 0) is 64.7 Å². The van der Waals surface area contributed by atoms with Crippen LogP contribution in [0.5, 0.6) is 0 Å². The third-order valence-corrected chi connectivity index (χ3v) is 8.03. The third-order valence-electron chi connectivity index (χ3n) is 8.03. The number of amides is 6. The molecule has 0 aliphatic rings. The summed E-state index contributed by atoms with van der Waals surface area (Å²) in [5.41, 5.74) is 0. The van der Waals surface area contributed by atoms with Crippen molar-refractivity contribution in [3.05, 3.63) is 0 Å². The Morgan fingerprint density at radius 2 is 0.941 bits per heavy atom. The Hall–Kier alpha value is -3.23. The first kappa shape index (κ1) is 47.8. The Kier molecular flexibility index (Phi) is 28.5. The lowest BCUT2D eigenvalue weighted by Crippen LogP contribution is -2.47. The molecular weight excluding hydrogens is 648 g/mol. The first-order valence-corrected chi connectivity index (χ1v) is 17.9. The van der Waals surface area contributed by atoms with E-state index in [0.717, 1.165) is 57.8 Å². The van der Waals surface area contributed by atoms with Crippen molar-refractivity contribution in [1.29, 1.82) is 0 Å². The summed E-state index contributed by atoms with van der Waals surface area (Å²) in [5, 5.41) is 10.9. The van der Waals surface area contributed by atoms with Gasteiger partial charge in [0, 0.05) is 44.8 Å². The zero-order valence-electron chi connectivity index (χ0n) is 30.4. The van der Waals surface area contributed by atoms with Crippen LogP contribution >= 0.6 is 0 Å². The molecule has 0 aromatic rings. The van der Waals surface area contributed by atoms with E-state index in [1.165, 1.54) is 4.90 Å². The summed E-state index contributed by atoms with van der Waals surface area (Å²) in [4.78, 5) is 84.4. The van der Waals surface area contributed by atoms with Gasteiger partial charge in [0.05, 0.1) is 19.6 Å². The van der Waals surface area contributed by atoms with E-state index in [-0.39, 0.29) is 36.1 Å². The molecule has 14 nitrogen and oxygen atoms in total. The van der Waals surface area contributed by atoms with Gasteiger partial charge in [0.25, 0.3) is 0 Å². The summed E-state index contributed by atoms with van der Waals surface area (Å²) in [6.45, 7) is 1.37. The van der Waals surface area contributed by atoms with Crippen LogP contribution in [0, 0.1) is 0 Å². The maximum Gasteiger partial charge on any atom is 0.234 e. The Morgan fingerprint density at radius 3 is 1.51 bits per heavy atom. The van der Waals surface area contributed by atoms with E-state index in [4.69, 9.17) is 39.9 Å². The van der Waals surface area contributed by atoms with Crippen molar-refractivity contribution >= 4 is 81.1 Å². The summed E-state index contributed by atoms with van der Waals surface area (Å²) in [6.07, 6.45) is 13.0. The topological polar surface area (TPSA) is 177 Å². The fourth-order valence-corrected chi connectivity index (χ4v) is 5.15. The van der Waals surface area contributed by atoms with Crippen LogP contribution in [-0.4, -0.2) is 134 Å². The number of unbranched alkanes of at least 4 members (excludes halogenated alkanes) is 8. The number of rotatable bonds is 31. The highest BCUT2D eigenvalue weighted by Crippen LogP contribution is 2.13. The van der Waals surface area contributed by atoms with E-state index in [1.807, 2.05) is 0 Å². The zero-order valence-corrected chi connectivity index (χ0v) is 30.4. The number of Topliss-reactive ketones (excluding diaryl/α,β-unsaturated/α-hetero) is 1. The molecule has 0 aromatic heterocycles. The molecule has 1 unspecified atom stereocenters. The van der Waals surface area contributed by atoms with Crippen LogP contribution in [0.2, 0.25) is 0 Å². The monoisotopic (exact) mass is 703 g/mol. The maximum absolute atomic E-state index is 12.5. The zero-order chi connectivity index (χ0) is 38.4. The Labute approximate surface area is 311 Å². The van der Waals surface area contributed by atoms with Crippen LogP contribution in [0.25, 0.3) is 0 Å². The Morgan fingerprint density at radius 1 is 0.510 bits per heavy atom. The standard InChI is InChI=1S/C32H54B5N7O7/c1-25(45)14-9-10-18-28(47)40-26(15-6-3-2-4-7-19-29(48)41-33)16-11-13-21-38-27(46)17-8-5-12-20-39-30(49)22-42(23-31(50)43(34)35)24-32(51)44(36)37/h26H,2-24H2,1H3,(H,38,46)(H,39,49)(H,40,47)(H,41,48). The smallest absolute Gasteiger partial charge is 0.234 e. The van der Waals surface area contributed by atoms with Gasteiger partial charge in [-0.1, -0.05) is 32.1 Å². The van der Waals surface area contributed by atoms with Gasteiger partial charge in [-0.2, -0.15) is 0 Å². The second-order valence-corrected chi connectivity index (χ2v) is 12.8. The van der Waals surface area contributed by atoms with E-state index in [9.17, 15) is 33.6 Å². The van der Waals surface area contributed by atoms with Crippen molar-refractivity contribution < 1.29 is 33.6 Å². The lowest BCUT2D eigenvalue weighted by atomic mass is 10.0. The first-order chi connectivity index (χ1) is 24.2. The van der Waals surface area contributed by atoms with Crippen LogP contribution in [0.15, 0.2) is 0 Å². The average Bonchev–Trinajstić information content (AvgIpc) is 3.06. The molecule has 6 amide bonds. The fraction of sp³-hybridized carbons (Fsp3) is 0.781. The third kappa shape index (κ3) is 29.1. The number of nitrogens with one attached hydrogen (secondary N) is 4. The normalized spacial score (nSPS) is 11.3. The molecule has 0 aliphatic heterocycles. The minimum Gasteiger partial charge on any atom is -0.448 e. The van der Waals surface area contributed by atoms with Crippen LogP contribution in [0.4, 0.5) is 0 Å². The quantitative estimate of drug-likeness (QED) is 0.0568. The van der Waals surface area contributed by atoms with E-state index in [2.05, 4.69) is 21.2 Å². The van der Waals surface area contributed by atoms with E-state index in [1.54, 1.807) is 6.92 Å². The highest BCUT2D eigenvalue weighted by atomic mass is 16.2. The molecule has 0 aromatic carbocycles. The van der Waals surface area contributed by atoms with E-state index in [0.29, 0.717) is 80.3 Å². The lowest BCUT2D eigenvalue weighted by Gasteiger charge is -2.24. The van der Waals surface area contributed by atoms with Crippen molar-refractivity contribution in [2.75, 3.05) is 32.7 Å². The molecule has 0 rings (SSSR count). The average molecular weight is 703 g/mol. The second-order valence-electron chi connectivity index (χ2n) is 12.8. The van der Waals surface area contributed by atoms with Crippen LogP contribution in [0.1, 0.15) is 122 Å². The van der Waals surface area contributed by atoms with Gasteiger partial charge in [-0.3, -0.25) is 33.7 Å². The predicted molar refractivity (Wildman–Crippen MR) is 199 cm³/mol. The first-order valence-electron chi connectivity index (χ1n) is 17.9. The van der Waals surface area contributed by atoms with Crippen LogP contribution in [-0.2, 0) is 33.6 Å². The summed E-state index contributed by atoms with van der Waals surface area (Å²) in [6, 6.07) is 0.0436. The largest absolute Gasteiger partial charge is 0.448 e. The van der Waals surface area contributed by atoms with Crippen molar-refractivity contribution in [2.24, 2.45) is 0 Å². The van der Waals surface area contributed by atoms with Gasteiger partial charge in [0.15, 0.2) is 0 Å². The number of carbonyl (C=O) groups is 7. The number of hydrogen-bond donors (Lipinski definition) is 4. The summed E-state index contributed by atoms with van der Waals surface area (Å²) < 4.78 is 0.718. The molecule has 274 valence electrons. The molecule has 0 aliphatic carbocycles. The lowest BCUT2D eigenvalue weighted by molar-refractivity contribution is -0.130. The highest BCUT2D eigenvalue weighted by Gasteiger charge is 2.19. The molecule has 0 bridgehead atoms. The van der Waals surface area contributed by atoms with Crippen LogP contribution < -0.4 is 21.2 Å². The van der Waals surface area contributed by atoms with Crippen molar-refractivity contribution in [3.63, 3.8) is 0 Å². The van der Waals surface area contributed by atoms with Gasteiger partial charge in [-0.25, -0.2) is 0 Å². The predicted octanol–water partition coefficient (Wildman–Crippen LogP) is -0.193. The Bertz CT molecular complexity index is 1050. The molecule has 1 atom stereocenters. The SMILES string of the molecule is [B]NC(=O)CCCCCCCC(CCCCNC(=O)CCCCCNC(=O)CN(CC(=O)N([B])[B])CC(=O)N([B])[B])NC(=O)CCCCC(C)=O. The Balaban J connectivity index is 4.35. The minimum atomic E-state index is -0.719. The van der Waals surface area contributed by atoms with E-state index >= 15 is 0 Å². The number of hydrogen-bond acceptors (Lipinski definition) is 8. The van der Waals surface area contributed by atoms with Crippen molar-refractivity contribution in [1.82, 2.24) is 35.5 Å². The molecule has 51 heavy (non-hydrogen) atoms. The molecule has 0 saturated heterocycles. The van der Waals surface area contributed by atoms with Gasteiger partial charge < -0.3 is 35.4 Å².